The van der Waals surface area contributed by atoms with E-state index < -0.39 is 0 Å². The maximum atomic E-state index is 4.88. The summed E-state index contributed by atoms with van der Waals surface area (Å²) in [6.45, 7) is 7.85. The maximum Gasteiger partial charge on any atom is 0.194 e. The Labute approximate surface area is 192 Å². The Balaban J connectivity index is 0.00000300. The Morgan fingerprint density at radius 3 is 2.52 bits per heavy atom. The van der Waals surface area contributed by atoms with Crippen molar-refractivity contribution in [1.29, 1.82) is 0 Å². The summed E-state index contributed by atoms with van der Waals surface area (Å²) in [5, 5.41) is 12.0. The van der Waals surface area contributed by atoms with E-state index in [1.54, 1.807) is 0 Å². The first-order valence-electron chi connectivity index (χ1n) is 10.6. The SMILES string of the molecule is CCCCNC(=NCc1nnc(C)n1C)N1CCC(Cc2ccccc2)CC1.I. The van der Waals surface area contributed by atoms with Gasteiger partial charge in [-0.1, -0.05) is 43.7 Å². The van der Waals surface area contributed by atoms with Crippen LogP contribution >= 0.6 is 24.0 Å². The molecule has 0 amide bonds. The van der Waals surface area contributed by atoms with E-state index in [4.69, 9.17) is 4.99 Å². The summed E-state index contributed by atoms with van der Waals surface area (Å²) in [7, 11) is 2.00. The maximum absolute atomic E-state index is 4.88. The quantitative estimate of drug-likeness (QED) is 0.265. The van der Waals surface area contributed by atoms with E-state index in [2.05, 4.69) is 57.7 Å². The van der Waals surface area contributed by atoms with Crippen LogP contribution in [0.25, 0.3) is 0 Å². The number of aliphatic imine (C=N–C) groups is 1. The molecular weight excluding hydrogens is 475 g/mol. The van der Waals surface area contributed by atoms with Crippen LogP contribution in [0.1, 0.15) is 49.8 Å². The van der Waals surface area contributed by atoms with Crippen LogP contribution in [0.5, 0.6) is 0 Å². The predicted molar refractivity (Wildman–Crippen MR) is 130 cm³/mol. The summed E-state index contributed by atoms with van der Waals surface area (Å²) in [6.07, 6.45) is 5.95. The van der Waals surface area contributed by atoms with Crippen LogP contribution in [0.15, 0.2) is 35.3 Å². The number of rotatable bonds is 7. The molecule has 1 aliphatic rings. The number of hydrogen-bond donors (Lipinski definition) is 1. The van der Waals surface area contributed by atoms with E-state index in [0.717, 1.165) is 49.6 Å². The van der Waals surface area contributed by atoms with Gasteiger partial charge in [-0.15, -0.1) is 34.2 Å². The summed E-state index contributed by atoms with van der Waals surface area (Å²) >= 11 is 0. The highest BCUT2D eigenvalue weighted by atomic mass is 127. The molecule has 1 N–H and O–H groups in total. The van der Waals surface area contributed by atoms with Crippen LogP contribution in [-0.4, -0.2) is 45.3 Å². The van der Waals surface area contributed by atoms with Crippen molar-refractivity contribution >= 4 is 29.9 Å². The van der Waals surface area contributed by atoms with Crippen LogP contribution in [0.4, 0.5) is 0 Å². The molecule has 0 radical (unpaired) electrons. The van der Waals surface area contributed by atoms with Crippen LogP contribution in [-0.2, 0) is 20.0 Å². The van der Waals surface area contributed by atoms with Gasteiger partial charge in [-0.2, -0.15) is 0 Å². The fraction of sp³-hybridized carbons (Fsp3) is 0.591. The monoisotopic (exact) mass is 510 g/mol. The van der Waals surface area contributed by atoms with Gasteiger partial charge >= 0.3 is 0 Å². The highest BCUT2D eigenvalue weighted by molar-refractivity contribution is 14.0. The number of aromatic nitrogens is 3. The van der Waals surface area contributed by atoms with E-state index >= 15 is 0 Å². The summed E-state index contributed by atoms with van der Waals surface area (Å²) in [5.74, 6) is 3.61. The van der Waals surface area contributed by atoms with Crippen molar-refractivity contribution in [1.82, 2.24) is 25.0 Å². The highest BCUT2D eigenvalue weighted by Gasteiger charge is 2.22. The zero-order valence-electron chi connectivity index (χ0n) is 18.0. The second-order valence-electron chi connectivity index (χ2n) is 7.76. The number of likely N-dealkylation sites (tertiary alicyclic amines) is 1. The predicted octanol–water partition coefficient (Wildman–Crippen LogP) is 3.94. The van der Waals surface area contributed by atoms with Gasteiger partial charge in [-0.05, 0) is 44.1 Å². The van der Waals surface area contributed by atoms with Gasteiger partial charge in [0.2, 0.25) is 0 Å². The number of nitrogens with zero attached hydrogens (tertiary/aromatic N) is 5. The molecule has 0 atom stereocenters. The van der Waals surface area contributed by atoms with E-state index in [9.17, 15) is 0 Å². The average molecular weight is 510 g/mol. The molecule has 7 heteroatoms. The van der Waals surface area contributed by atoms with E-state index in [0.29, 0.717) is 6.54 Å². The van der Waals surface area contributed by atoms with Gasteiger partial charge in [-0.3, -0.25) is 0 Å². The lowest BCUT2D eigenvalue weighted by Gasteiger charge is -2.34. The first-order chi connectivity index (χ1) is 13.7. The molecule has 0 bridgehead atoms. The van der Waals surface area contributed by atoms with E-state index in [1.165, 1.54) is 31.2 Å². The van der Waals surface area contributed by atoms with Gasteiger partial charge in [-0.25, -0.2) is 4.99 Å². The summed E-state index contributed by atoms with van der Waals surface area (Å²) in [4.78, 5) is 7.30. The zero-order valence-corrected chi connectivity index (χ0v) is 20.3. The molecule has 1 saturated heterocycles. The molecule has 2 aromatic rings. The summed E-state index contributed by atoms with van der Waals surface area (Å²) in [5.41, 5.74) is 1.45. The molecule has 6 nitrogen and oxygen atoms in total. The molecule has 0 saturated carbocycles. The molecule has 0 spiro atoms. The molecule has 1 aliphatic heterocycles. The molecule has 1 fully saturated rings. The van der Waals surface area contributed by atoms with Gasteiger partial charge in [0, 0.05) is 26.7 Å². The average Bonchev–Trinajstić information content (AvgIpc) is 3.04. The number of piperidine rings is 1. The second-order valence-corrected chi connectivity index (χ2v) is 7.76. The Morgan fingerprint density at radius 2 is 1.90 bits per heavy atom. The smallest absolute Gasteiger partial charge is 0.194 e. The minimum Gasteiger partial charge on any atom is -0.356 e. The number of halogens is 1. The normalized spacial score (nSPS) is 15.3. The summed E-state index contributed by atoms with van der Waals surface area (Å²) in [6, 6.07) is 10.9. The second kappa shape index (κ2) is 12.1. The molecule has 29 heavy (non-hydrogen) atoms. The lowest BCUT2D eigenvalue weighted by molar-refractivity contribution is 0.258. The molecule has 1 aromatic carbocycles. The Kier molecular flexibility index (Phi) is 9.90. The Hall–Kier alpha value is -1.64. The molecule has 2 heterocycles. The highest BCUT2D eigenvalue weighted by Crippen LogP contribution is 2.21. The van der Waals surface area contributed by atoms with Crippen molar-refractivity contribution in [2.24, 2.45) is 18.0 Å². The topological polar surface area (TPSA) is 58.3 Å². The molecule has 3 rings (SSSR count). The van der Waals surface area contributed by atoms with Gasteiger partial charge in [0.15, 0.2) is 11.8 Å². The van der Waals surface area contributed by atoms with Gasteiger partial charge < -0.3 is 14.8 Å². The van der Waals surface area contributed by atoms with Crippen LogP contribution < -0.4 is 5.32 Å². The van der Waals surface area contributed by atoms with Crippen molar-refractivity contribution in [2.45, 2.75) is 52.5 Å². The number of benzene rings is 1. The molecular formula is C22H35IN6. The summed E-state index contributed by atoms with van der Waals surface area (Å²) < 4.78 is 2.01. The third-order valence-corrected chi connectivity index (χ3v) is 5.65. The fourth-order valence-corrected chi connectivity index (χ4v) is 3.68. The number of unbranched alkanes of at least 4 members (excludes halogenated alkanes) is 1. The number of nitrogens with one attached hydrogen (secondary N) is 1. The van der Waals surface area contributed by atoms with Crippen LogP contribution in [0.3, 0.4) is 0 Å². The first kappa shape index (κ1) is 23.6. The lowest BCUT2D eigenvalue weighted by Crippen LogP contribution is -2.46. The number of guanidine groups is 1. The third kappa shape index (κ3) is 6.97. The molecule has 160 valence electrons. The first-order valence-corrected chi connectivity index (χ1v) is 10.6. The Bertz CT molecular complexity index is 750. The number of aryl methyl sites for hydroxylation is 1. The minimum atomic E-state index is 0. The molecule has 0 unspecified atom stereocenters. The Morgan fingerprint density at radius 1 is 1.17 bits per heavy atom. The zero-order chi connectivity index (χ0) is 19.8. The van der Waals surface area contributed by atoms with E-state index in [-0.39, 0.29) is 24.0 Å². The largest absolute Gasteiger partial charge is 0.356 e. The van der Waals surface area contributed by atoms with Crippen molar-refractivity contribution in [3.05, 3.63) is 47.5 Å². The van der Waals surface area contributed by atoms with Crippen LogP contribution in [0.2, 0.25) is 0 Å². The lowest BCUT2D eigenvalue weighted by atomic mass is 9.90. The third-order valence-electron chi connectivity index (χ3n) is 5.65. The van der Waals surface area contributed by atoms with Gasteiger partial charge in [0.25, 0.3) is 0 Å². The van der Waals surface area contributed by atoms with Gasteiger partial charge in [0.1, 0.15) is 12.4 Å². The van der Waals surface area contributed by atoms with Crippen LogP contribution in [0, 0.1) is 12.8 Å². The standard InChI is InChI=1S/C22H34N6.HI/c1-4-5-13-23-22(24-17-21-26-25-18(2)27(21)3)28-14-11-20(12-15-28)16-19-9-7-6-8-10-19;/h6-10,20H,4-5,11-17H2,1-3H3,(H,23,24);1H. The van der Waals surface area contributed by atoms with Crippen molar-refractivity contribution in [3.8, 4) is 0 Å². The van der Waals surface area contributed by atoms with Gasteiger partial charge in [0.05, 0.1) is 0 Å². The molecule has 0 aliphatic carbocycles. The van der Waals surface area contributed by atoms with E-state index in [1.807, 2.05) is 18.5 Å². The minimum absolute atomic E-state index is 0. The molecule has 1 aromatic heterocycles. The number of hydrogen-bond acceptors (Lipinski definition) is 3. The fourth-order valence-electron chi connectivity index (χ4n) is 3.68. The van der Waals surface area contributed by atoms with Crippen molar-refractivity contribution < 1.29 is 0 Å². The van der Waals surface area contributed by atoms with Crippen molar-refractivity contribution in [2.75, 3.05) is 19.6 Å². The van der Waals surface area contributed by atoms with Crippen molar-refractivity contribution in [3.63, 3.8) is 0 Å².